The molecule has 0 N–H and O–H groups in total. The summed E-state index contributed by atoms with van der Waals surface area (Å²) in [6, 6.07) is 79.4. The van der Waals surface area contributed by atoms with E-state index in [-0.39, 0.29) is 0 Å². The summed E-state index contributed by atoms with van der Waals surface area (Å²) in [7, 11) is 2.17. The van der Waals surface area contributed by atoms with E-state index in [2.05, 4.69) is 240 Å². The van der Waals surface area contributed by atoms with Crippen LogP contribution in [-0.2, 0) is 5.41 Å². The van der Waals surface area contributed by atoms with Crippen LogP contribution < -0.4 is 9.80 Å². The summed E-state index contributed by atoms with van der Waals surface area (Å²) in [5, 5.41) is 2.38. The molecule has 11 rings (SSSR count). The molecule has 2 aromatic heterocycles. The largest absolute Gasteiger partial charge is 0.355 e. The number of benzene rings is 8. The molecule has 10 aromatic rings. The lowest BCUT2D eigenvalue weighted by atomic mass is 9.65. The Kier molecular flexibility index (Phi) is 8.63. The van der Waals surface area contributed by atoms with Crippen molar-refractivity contribution in [2.75, 3.05) is 23.5 Å². The normalized spacial score (nSPS) is 12.6. The van der Waals surface area contributed by atoms with E-state index in [0.29, 0.717) is 0 Å². The van der Waals surface area contributed by atoms with Crippen LogP contribution in [0.3, 0.4) is 0 Å². The van der Waals surface area contributed by atoms with E-state index >= 15 is 0 Å². The Morgan fingerprint density at radius 1 is 0.433 bits per heavy atom. The molecule has 4 heteroatoms. The summed E-state index contributed by atoms with van der Waals surface area (Å²) in [5.41, 5.74) is 14.6. The van der Waals surface area contributed by atoms with E-state index < -0.39 is 5.41 Å². The number of fused-ring (bicyclic) bond motifs is 4. The first-order valence-electron chi connectivity index (χ1n) is 20.6. The molecule has 0 amide bonds. The maximum Gasteiger partial charge on any atom is 0.138 e. The van der Waals surface area contributed by atoms with Crippen LogP contribution in [0.15, 0.2) is 225 Å². The Morgan fingerprint density at radius 2 is 1.02 bits per heavy atom. The lowest BCUT2D eigenvalue weighted by molar-refractivity contribution is 0.745. The Balaban J connectivity index is 1.16. The van der Waals surface area contributed by atoms with Crippen LogP contribution in [-0.4, -0.2) is 23.3 Å². The molecule has 8 aromatic carbocycles. The first-order chi connectivity index (χ1) is 29.7. The number of rotatable bonds is 8. The van der Waals surface area contributed by atoms with Crippen molar-refractivity contribution in [3.8, 4) is 28.1 Å². The SMILES string of the molecule is CN1CN(c2cccc(C(c3ccccc3)(c3ccccc3)c3ccc4c5ccccc5n(-c5cc(-c6ccccc6-c6ccccc6)ccn5)c4c3)c2)c2ccccc21. The molecule has 0 atom stereocenters. The van der Waals surface area contributed by atoms with E-state index in [9.17, 15) is 0 Å². The first-order valence-corrected chi connectivity index (χ1v) is 20.6. The quantitative estimate of drug-likeness (QED) is 0.144. The van der Waals surface area contributed by atoms with Crippen molar-refractivity contribution in [1.29, 1.82) is 0 Å². The van der Waals surface area contributed by atoms with Crippen LogP contribution in [0, 0.1) is 0 Å². The molecule has 4 nitrogen and oxygen atoms in total. The zero-order valence-corrected chi connectivity index (χ0v) is 33.4. The molecule has 0 unspecified atom stereocenters. The second-order valence-corrected chi connectivity index (χ2v) is 15.7. The smallest absolute Gasteiger partial charge is 0.138 e. The van der Waals surface area contributed by atoms with Gasteiger partial charge in [-0.15, -0.1) is 0 Å². The van der Waals surface area contributed by atoms with Crippen molar-refractivity contribution in [3.63, 3.8) is 0 Å². The third kappa shape index (κ3) is 5.71. The zero-order valence-electron chi connectivity index (χ0n) is 33.4. The molecule has 0 bridgehead atoms. The van der Waals surface area contributed by atoms with Crippen LogP contribution in [0.2, 0.25) is 0 Å². The number of hydrogen-bond donors (Lipinski definition) is 0. The first kappa shape index (κ1) is 35.5. The molecule has 1 aliphatic rings. The minimum absolute atomic E-state index is 0.664. The standard InChI is InChI=1S/C56H42N4/c1-58-39-59(53-31-16-15-30-52(53)58)46-25-17-24-44(37-46)56(42-20-7-3-8-21-42,43-22-9-4-10-23-43)45-32-33-50-49-28-13-14-29-51(49)60(54(50)38-45)55-36-41(34-35-57-55)48-27-12-11-26-47(48)40-18-5-2-6-19-40/h2-38H,39H2,1H3. The Hall–Kier alpha value is -7.69. The van der Waals surface area contributed by atoms with E-state index in [1.165, 1.54) is 61.1 Å². The maximum absolute atomic E-state index is 5.11. The van der Waals surface area contributed by atoms with Gasteiger partial charge in [0.2, 0.25) is 0 Å². The molecule has 0 spiro atoms. The van der Waals surface area contributed by atoms with Gasteiger partial charge in [0.25, 0.3) is 0 Å². The predicted molar refractivity (Wildman–Crippen MR) is 250 cm³/mol. The zero-order chi connectivity index (χ0) is 40.0. The summed E-state index contributed by atoms with van der Waals surface area (Å²) < 4.78 is 2.36. The fourth-order valence-electron chi connectivity index (χ4n) is 9.65. The molecule has 0 saturated carbocycles. The minimum atomic E-state index is -0.664. The molecule has 0 radical (unpaired) electrons. The molecule has 3 heterocycles. The Morgan fingerprint density at radius 3 is 1.77 bits per heavy atom. The van der Waals surface area contributed by atoms with Crippen LogP contribution in [0.25, 0.3) is 49.9 Å². The third-order valence-electron chi connectivity index (χ3n) is 12.3. The minimum Gasteiger partial charge on any atom is -0.355 e. The fraction of sp³-hybridized carbons (Fsp3) is 0.0536. The second-order valence-electron chi connectivity index (χ2n) is 15.7. The van der Waals surface area contributed by atoms with Gasteiger partial charge in [0.05, 0.1) is 34.5 Å². The molecule has 0 fully saturated rings. The average molecular weight is 771 g/mol. The molecule has 0 aliphatic carbocycles. The topological polar surface area (TPSA) is 24.3 Å². The lowest BCUT2D eigenvalue weighted by Gasteiger charge is -2.37. The number of hydrogen-bond acceptors (Lipinski definition) is 3. The Bertz CT molecular complexity index is 3110. The number of pyridine rings is 1. The molecule has 286 valence electrons. The Labute approximate surface area is 350 Å². The van der Waals surface area contributed by atoms with E-state index in [1.807, 2.05) is 6.20 Å². The highest BCUT2D eigenvalue weighted by Gasteiger charge is 2.39. The number of aromatic nitrogens is 2. The van der Waals surface area contributed by atoms with Crippen LogP contribution in [0.5, 0.6) is 0 Å². The highest BCUT2D eigenvalue weighted by Crippen LogP contribution is 2.49. The van der Waals surface area contributed by atoms with Gasteiger partial charge in [0.15, 0.2) is 0 Å². The van der Waals surface area contributed by atoms with Crippen LogP contribution in [0.1, 0.15) is 22.3 Å². The van der Waals surface area contributed by atoms with Crippen molar-refractivity contribution < 1.29 is 0 Å². The predicted octanol–water partition coefficient (Wildman–Crippen LogP) is 13.4. The highest BCUT2D eigenvalue weighted by molar-refractivity contribution is 6.09. The number of anilines is 3. The fourth-order valence-corrected chi connectivity index (χ4v) is 9.65. The highest BCUT2D eigenvalue weighted by atomic mass is 15.4. The average Bonchev–Trinajstić information content (AvgIpc) is 3.84. The third-order valence-corrected chi connectivity index (χ3v) is 12.3. The summed E-state index contributed by atoms with van der Waals surface area (Å²) >= 11 is 0. The summed E-state index contributed by atoms with van der Waals surface area (Å²) in [6.45, 7) is 0.778. The molecule has 0 saturated heterocycles. The van der Waals surface area contributed by atoms with Crippen molar-refractivity contribution >= 4 is 38.9 Å². The lowest BCUT2D eigenvalue weighted by Crippen LogP contribution is -2.31. The molecular formula is C56H42N4. The van der Waals surface area contributed by atoms with Gasteiger partial charge in [0, 0.05) is 29.7 Å². The van der Waals surface area contributed by atoms with E-state index in [4.69, 9.17) is 4.98 Å². The maximum atomic E-state index is 5.11. The van der Waals surface area contributed by atoms with Crippen molar-refractivity contribution in [2.45, 2.75) is 5.41 Å². The van der Waals surface area contributed by atoms with Crippen LogP contribution >= 0.6 is 0 Å². The van der Waals surface area contributed by atoms with Gasteiger partial charge in [0.1, 0.15) is 5.82 Å². The summed E-state index contributed by atoms with van der Waals surface area (Å²) in [4.78, 5) is 9.86. The van der Waals surface area contributed by atoms with Crippen molar-refractivity contribution in [1.82, 2.24) is 9.55 Å². The summed E-state index contributed by atoms with van der Waals surface area (Å²) in [6.07, 6.45) is 1.95. The van der Waals surface area contributed by atoms with Crippen LogP contribution in [0.4, 0.5) is 17.1 Å². The molecular weight excluding hydrogens is 729 g/mol. The van der Waals surface area contributed by atoms with E-state index in [1.54, 1.807) is 0 Å². The van der Waals surface area contributed by atoms with Gasteiger partial charge >= 0.3 is 0 Å². The van der Waals surface area contributed by atoms with Gasteiger partial charge < -0.3 is 9.80 Å². The second kappa shape index (κ2) is 14.6. The van der Waals surface area contributed by atoms with Gasteiger partial charge in [-0.3, -0.25) is 4.57 Å². The van der Waals surface area contributed by atoms with Gasteiger partial charge in [-0.05, 0) is 93.0 Å². The monoisotopic (exact) mass is 770 g/mol. The number of nitrogens with zero attached hydrogens (tertiary/aromatic N) is 4. The van der Waals surface area contributed by atoms with Gasteiger partial charge in [-0.25, -0.2) is 4.98 Å². The number of para-hydroxylation sites is 3. The van der Waals surface area contributed by atoms with Gasteiger partial charge in [-0.2, -0.15) is 0 Å². The molecule has 1 aliphatic heterocycles. The summed E-state index contributed by atoms with van der Waals surface area (Å²) in [5.74, 6) is 0.877. The van der Waals surface area contributed by atoms with E-state index in [0.717, 1.165) is 34.8 Å². The van der Waals surface area contributed by atoms with Crippen molar-refractivity contribution in [3.05, 3.63) is 247 Å². The molecule has 60 heavy (non-hydrogen) atoms. The van der Waals surface area contributed by atoms with Gasteiger partial charge in [-0.1, -0.05) is 170 Å². The van der Waals surface area contributed by atoms with Crippen molar-refractivity contribution in [2.24, 2.45) is 0 Å².